The molecule has 33 heavy (non-hydrogen) atoms. The Hall–Kier alpha value is -3.69. The predicted octanol–water partition coefficient (Wildman–Crippen LogP) is 5.33. The Morgan fingerprint density at radius 1 is 1.00 bits per heavy atom. The van der Waals surface area contributed by atoms with Crippen LogP contribution in [0.2, 0.25) is 5.02 Å². The molecular weight excluding hydrogens is 460 g/mol. The molecule has 0 saturated carbocycles. The first-order valence-electron chi connectivity index (χ1n) is 9.93. The van der Waals surface area contributed by atoms with Gasteiger partial charge in [-0.2, -0.15) is 4.98 Å². The number of hydrogen-bond acceptors (Lipinski definition) is 8. The Morgan fingerprint density at radius 2 is 1.79 bits per heavy atom. The highest BCUT2D eigenvalue weighted by Gasteiger charge is 2.18. The van der Waals surface area contributed by atoms with Gasteiger partial charge in [-0.1, -0.05) is 40.7 Å². The van der Waals surface area contributed by atoms with E-state index in [-0.39, 0.29) is 0 Å². The SMILES string of the molecule is COc1ccccc1-c1noc(CSc2nnc(-c3ccncc3)n2-c2ccc(Cl)cc2)n1. The molecule has 0 N–H and O–H groups in total. The number of pyridine rings is 1. The summed E-state index contributed by atoms with van der Waals surface area (Å²) in [5, 5.41) is 14.3. The quantitative estimate of drug-likeness (QED) is 0.291. The average Bonchev–Trinajstić information content (AvgIpc) is 3.51. The van der Waals surface area contributed by atoms with Crippen LogP contribution in [-0.4, -0.2) is 37.0 Å². The maximum absolute atomic E-state index is 6.09. The fourth-order valence-corrected chi connectivity index (χ4v) is 4.17. The van der Waals surface area contributed by atoms with Crippen LogP contribution in [0, 0.1) is 0 Å². The van der Waals surface area contributed by atoms with E-state index in [0.717, 1.165) is 16.8 Å². The molecule has 0 aliphatic rings. The minimum atomic E-state index is 0.421. The van der Waals surface area contributed by atoms with Crippen molar-refractivity contribution < 1.29 is 9.26 Å². The Bertz CT molecular complexity index is 1370. The summed E-state index contributed by atoms with van der Waals surface area (Å²) in [4.78, 5) is 8.61. The van der Waals surface area contributed by atoms with E-state index in [1.807, 2.05) is 65.2 Å². The first-order valence-corrected chi connectivity index (χ1v) is 11.3. The van der Waals surface area contributed by atoms with Crippen LogP contribution in [0.15, 0.2) is 82.7 Å². The molecule has 10 heteroatoms. The number of ether oxygens (including phenoxy) is 1. The van der Waals surface area contributed by atoms with Crippen molar-refractivity contribution in [1.82, 2.24) is 29.9 Å². The Morgan fingerprint density at radius 3 is 2.58 bits per heavy atom. The molecule has 0 atom stereocenters. The van der Waals surface area contributed by atoms with Crippen molar-refractivity contribution in [1.29, 1.82) is 0 Å². The first kappa shape index (κ1) is 21.2. The van der Waals surface area contributed by atoms with Crippen LogP contribution >= 0.6 is 23.4 Å². The Balaban J connectivity index is 1.44. The van der Waals surface area contributed by atoms with Gasteiger partial charge in [-0.15, -0.1) is 10.2 Å². The summed E-state index contributed by atoms with van der Waals surface area (Å²) >= 11 is 7.54. The van der Waals surface area contributed by atoms with Crippen molar-refractivity contribution in [2.75, 3.05) is 7.11 Å². The maximum atomic E-state index is 6.09. The summed E-state index contributed by atoms with van der Waals surface area (Å²) in [7, 11) is 1.61. The van der Waals surface area contributed by atoms with Gasteiger partial charge in [0.05, 0.1) is 18.4 Å². The number of methoxy groups -OCH3 is 1. The second-order valence-electron chi connectivity index (χ2n) is 6.85. The molecule has 2 aromatic carbocycles. The first-order chi connectivity index (χ1) is 16.2. The van der Waals surface area contributed by atoms with E-state index in [9.17, 15) is 0 Å². The molecule has 0 bridgehead atoms. The highest BCUT2D eigenvalue weighted by atomic mass is 35.5. The molecule has 0 radical (unpaired) electrons. The molecule has 0 fully saturated rings. The molecular formula is C23H17ClN6O2S. The molecule has 164 valence electrons. The number of para-hydroxylation sites is 1. The van der Waals surface area contributed by atoms with Gasteiger partial charge < -0.3 is 9.26 Å². The third-order valence-corrected chi connectivity index (χ3v) is 5.96. The summed E-state index contributed by atoms with van der Waals surface area (Å²) in [5.74, 6) is 2.74. The van der Waals surface area contributed by atoms with Gasteiger partial charge in [0.25, 0.3) is 0 Å². The standard InChI is InChI=1S/C23H17ClN6O2S/c1-31-19-5-3-2-4-18(19)21-26-20(32-29-21)14-33-23-28-27-22(15-10-12-25-13-11-15)30(23)17-8-6-16(24)7-9-17/h2-13H,14H2,1H3. The van der Waals surface area contributed by atoms with Gasteiger partial charge in [0.2, 0.25) is 11.7 Å². The van der Waals surface area contributed by atoms with Gasteiger partial charge >= 0.3 is 0 Å². The van der Waals surface area contributed by atoms with Crippen LogP contribution < -0.4 is 4.74 Å². The molecule has 5 rings (SSSR count). The summed E-state index contributed by atoms with van der Waals surface area (Å²) in [5.41, 5.74) is 2.55. The van der Waals surface area contributed by atoms with Crippen molar-refractivity contribution in [3.63, 3.8) is 0 Å². The van der Waals surface area contributed by atoms with Crippen molar-refractivity contribution in [3.05, 3.63) is 84.0 Å². The largest absolute Gasteiger partial charge is 0.496 e. The number of rotatable bonds is 7. The van der Waals surface area contributed by atoms with Gasteiger partial charge in [-0.05, 0) is 48.5 Å². The number of halogens is 1. The van der Waals surface area contributed by atoms with Gasteiger partial charge in [0.15, 0.2) is 11.0 Å². The summed E-state index contributed by atoms with van der Waals surface area (Å²) in [6.07, 6.45) is 3.45. The fraction of sp³-hybridized carbons (Fsp3) is 0.0870. The molecule has 0 aliphatic heterocycles. The van der Waals surface area contributed by atoms with Gasteiger partial charge in [0, 0.05) is 28.7 Å². The normalized spacial score (nSPS) is 11.0. The third kappa shape index (κ3) is 4.46. The zero-order valence-electron chi connectivity index (χ0n) is 17.4. The summed E-state index contributed by atoms with van der Waals surface area (Å²) in [6, 6.07) is 18.8. The second kappa shape index (κ2) is 9.43. The van der Waals surface area contributed by atoms with Crippen molar-refractivity contribution in [2.45, 2.75) is 10.9 Å². The molecule has 0 amide bonds. The number of thioether (sulfide) groups is 1. The monoisotopic (exact) mass is 476 g/mol. The third-order valence-electron chi connectivity index (χ3n) is 4.80. The number of benzene rings is 2. The molecule has 0 aliphatic carbocycles. The number of aromatic nitrogens is 6. The second-order valence-corrected chi connectivity index (χ2v) is 8.23. The van der Waals surface area contributed by atoms with Crippen LogP contribution in [0.5, 0.6) is 5.75 Å². The van der Waals surface area contributed by atoms with E-state index in [2.05, 4.69) is 25.3 Å². The molecule has 3 heterocycles. The van der Waals surface area contributed by atoms with Gasteiger partial charge in [-0.3, -0.25) is 9.55 Å². The number of hydrogen-bond donors (Lipinski definition) is 0. The lowest BCUT2D eigenvalue weighted by atomic mass is 10.2. The molecule has 8 nitrogen and oxygen atoms in total. The van der Waals surface area contributed by atoms with Crippen LogP contribution in [-0.2, 0) is 5.75 Å². The van der Waals surface area contributed by atoms with E-state index >= 15 is 0 Å². The van der Waals surface area contributed by atoms with Gasteiger partial charge in [-0.25, -0.2) is 0 Å². The zero-order valence-corrected chi connectivity index (χ0v) is 19.0. The van der Waals surface area contributed by atoms with Crippen LogP contribution in [0.25, 0.3) is 28.5 Å². The lowest BCUT2D eigenvalue weighted by Gasteiger charge is -2.10. The Labute approximate surface area is 198 Å². The minimum absolute atomic E-state index is 0.421. The van der Waals surface area contributed by atoms with Gasteiger partial charge in [0.1, 0.15) is 5.75 Å². The topological polar surface area (TPSA) is 91.8 Å². The lowest BCUT2D eigenvalue weighted by Crippen LogP contribution is -2.00. The molecule has 5 aromatic rings. The maximum Gasteiger partial charge on any atom is 0.237 e. The van der Waals surface area contributed by atoms with E-state index in [0.29, 0.717) is 39.2 Å². The van der Waals surface area contributed by atoms with Crippen LogP contribution in [0.4, 0.5) is 0 Å². The molecule has 3 aromatic heterocycles. The highest BCUT2D eigenvalue weighted by molar-refractivity contribution is 7.98. The van der Waals surface area contributed by atoms with Crippen molar-refractivity contribution in [3.8, 4) is 34.2 Å². The highest BCUT2D eigenvalue weighted by Crippen LogP contribution is 2.31. The molecule has 0 spiro atoms. The minimum Gasteiger partial charge on any atom is -0.496 e. The van der Waals surface area contributed by atoms with E-state index in [1.165, 1.54) is 11.8 Å². The average molecular weight is 477 g/mol. The smallest absolute Gasteiger partial charge is 0.237 e. The van der Waals surface area contributed by atoms with E-state index in [1.54, 1.807) is 19.5 Å². The van der Waals surface area contributed by atoms with Crippen LogP contribution in [0.1, 0.15) is 5.89 Å². The molecule has 0 saturated heterocycles. The lowest BCUT2D eigenvalue weighted by molar-refractivity contribution is 0.390. The molecule has 0 unspecified atom stereocenters. The Kier molecular flexibility index (Phi) is 6.05. The van der Waals surface area contributed by atoms with Crippen molar-refractivity contribution in [2.24, 2.45) is 0 Å². The number of nitrogens with zero attached hydrogens (tertiary/aromatic N) is 6. The van der Waals surface area contributed by atoms with E-state index < -0.39 is 0 Å². The fourth-order valence-electron chi connectivity index (χ4n) is 3.25. The summed E-state index contributed by atoms with van der Waals surface area (Å²) in [6.45, 7) is 0. The van der Waals surface area contributed by atoms with Crippen LogP contribution in [0.3, 0.4) is 0 Å². The zero-order chi connectivity index (χ0) is 22.6. The van der Waals surface area contributed by atoms with Crippen molar-refractivity contribution >= 4 is 23.4 Å². The predicted molar refractivity (Wildman–Crippen MR) is 125 cm³/mol. The summed E-state index contributed by atoms with van der Waals surface area (Å²) < 4.78 is 12.8. The van der Waals surface area contributed by atoms with E-state index in [4.69, 9.17) is 20.9 Å².